The lowest BCUT2D eigenvalue weighted by Gasteiger charge is -2.25. The molecule has 3 rings (SSSR count). The Labute approximate surface area is 169 Å². The van der Waals surface area contributed by atoms with Crippen LogP contribution >= 0.6 is 0 Å². The molecule has 0 aliphatic heterocycles. The van der Waals surface area contributed by atoms with E-state index < -0.39 is 0 Å². The van der Waals surface area contributed by atoms with Gasteiger partial charge in [-0.15, -0.1) is 0 Å². The van der Waals surface area contributed by atoms with Gasteiger partial charge in [0.15, 0.2) is 0 Å². The fourth-order valence-electron chi connectivity index (χ4n) is 3.06. The lowest BCUT2D eigenvalue weighted by Crippen LogP contribution is -2.45. The summed E-state index contributed by atoms with van der Waals surface area (Å²) in [4.78, 5) is 9.35. The molecule has 0 saturated heterocycles. The van der Waals surface area contributed by atoms with Gasteiger partial charge < -0.3 is 14.6 Å². The molecule has 152 valence electrons. The molecule has 8 nitrogen and oxygen atoms in total. The van der Waals surface area contributed by atoms with Crippen molar-refractivity contribution in [3.8, 4) is 11.3 Å². The van der Waals surface area contributed by atoms with Crippen molar-refractivity contribution in [3.63, 3.8) is 0 Å². The van der Waals surface area contributed by atoms with Gasteiger partial charge in [-0.2, -0.15) is 4.98 Å². The second kappa shape index (κ2) is 8.85. The number of aryl methyl sites for hydroxylation is 1. The summed E-state index contributed by atoms with van der Waals surface area (Å²) >= 11 is 0. The zero-order valence-electron chi connectivity index (χ0n) is 17.1. The average molecular weight is 394 g/mol. The van der Waals surface area contributed by atoms with Crippen LogP contribution in [-0.2, 0) is 4.74 Å². The third kappa shape index (κ3) is 4.28. The SMILES string of the molecule is COCC(C)N(N)C(C)=N/C(=C\C=N)c1c(-c2ccc(C)cc2)nc2occn12. The first-order valence-electron chi connectivity index (χ1n) is 9.28. The van der Waals surface area contributed by atoms with Crippen molar-refractivity contribution in [2.45, 2.75) is 26.8 Å². The number of aliphatic imine (C=N–C) groups is 1. The van der Waals surface area contributed by atoms with Gasteiger partial charge in [-0.25, -0.2) is 10.8 Å². The number of imidazole rings is 1. The first kappa shape index (κ1) is 20.5. The Bertz CT molecular complexity index is 1050. The topological polar surface area (TPSA) is 105 Å². The molecule has 1 aromatic carbocycles. The molecule has 1 atom stereocenters. The van der Waals surface area contributed by atoms with Crippen LogP contribution in [-0.4, -0.2) is 46.2 Å². The van der Waals surface area contributed by atoms with Crippen LogP contribution in [0, 0.1) is 12.3 Å². The van der Waals surface area contributed by atoms with E-state index in [1.54, 1.807) is 30.7 Å². The van der Waals surface area contributed by atoms with E-state index in [9.17, 15) is 0 Å². The molecule has 3 N–H and O–H groups in total. The summed E-state index contributed by atoms with van der Waals surface area (Å²) < 4.78 is 12.5. The molecule has 0 saturated carbocycles. The lowest BCUT2D eigenvalue weighted by atomic mass is 10.1. The number of nitrogens with one attached hydrogen (secondary N) is 1. The van der Waals surface area contributed by atoms with Gasteiger partial charge in [-0.3, -0.25) is 9.41 Å². The number of benzene rings is 1. The number of hydrogen-bond donors (Lipinski definition) is 2. The van der Waals surface area contributed by atoms with E-state index in [4.69, 9.17) is 25.4 Å². The molecule has 2 heterocycles. The van der Waals surface area contributed by atoms with Gasteiger partial charge in [0.1, 0.15) is 23.5 Å². The third-order valence-electron chi connectivity index (χ3n) is 4.61. The molecule has 8 heteroatoms. The van der Waals surface area contributed by atoms with E-state index in [1.807, 2.05) is 49.4 Å². The minimum atomic E-state index is -0.0547. The Kier molecular flexibility index (Phi) is 6.26. The second-order valence-corrected chi connectivity index (χ2v) is 6.82. The minimum absolute atomic E-state index is 0.0547. The van der Waals surface area contributed by atoms with Crippen LogP contribution in [0.4, 0.5) is 0 Å². The highest BCUT2D eigenvalue weighted by atomic mass is 16.5. The number of nitrogens with two attached hydrogens (primary N) is 1. The summed E-state index contributed by atoms with van der Waals surface area (Å²) in [5, 5.41) is 9.18. The smallest absolute Gasteiger partial charge is 0.306 e. The number of aromatic nitrogens is 2. The minimum Gasteiger partial charge on any atom is -0.432 e. The predicted molar refractivity (Wildman–Crippen MR) is 115 cm³/mol. The van der Waals surface area contributed by atoms with E-state index in [2.05, 4.69) is 4.98 Å². The molecule has 0 aliphatic rings. The number of rotatable bonds is 7. The summed E-state index contributed by atoms with van der Waals surface area (Å²) in [6.07, 6.45) is 6.17. The van der Waals surface area contributed by atoms with E-state index >= 15 is 0 Å². The normalized spacial score (nSPS) is 13.7. The molecule has 0 bridgehead atoms. The van der Waals surface area contributed by atoms with Gasteiger partial charge in [-0.05, 0) is 26.8 Å². The van der Waals surface area contributed by atoms with Crippen LogP contribution in [0.5, 0.6) is 0 Å². The van der Waals surface area contributed by atoms with Crippen LogP contribution < -0.4 is 5.84 Å². The Morgan fingerprint density at radius 2 is 2.14 bits per heavy atom. The average Bonchev–Trinajstić information content (AvgIpc) is 3.29. The highest BCUT2D eigenvalue weighted by Crippen LogP contribution is 2.31. The standard InChI is InChI=1S/C21H26N6O2/c1-14-5-7-17(8-6-14)19-20(26-11-12-29-21(26)25-19)18(9-10-22)24-16(3)27(23)15(2)13-28-4/h5-12,15,22H,13,23H2,1-4H3/b18-9-,22-10?,24-16?. The van der Waals surface area contributed by atoms with E-state index in [0.717, 1.165) is 22.5 Å². The summed E-state index contributed by atoms with van der Waals surface area (Å²) in [6.45, 7) is 6.28. The number of allylic oxidation sites excluding steroid dienone is 1. The molecule has 0 spiro atoms. The fourth-order valence-corrected chi connectivity index (χ4v) is 3.06. The molecule has 0 amide bonds. The number of amidine groups is 1. The molecular weight excluding hydrogens is 368 g/mol. The van der Waals surface area contributed by atoms with Gasteiger partial charge in [-0.1, -0.05) is 29.8 Å². The number of hydrogen-bond acceptors (Lipinski definition) is 6. The Hall–Kier alpha value is -3.23. The van der Waals surface area contributed by atoms with Gasteiger partial charge in [0.2, 0.25) is 0 Å². The van der Waals surface area contributed by atoms with Crippen LogP contribution in [0.3, 0.4) is 0 Å². The molecule has 1 unspecified atom stereocenters. The first-order chi connectivity index (χ1) is 14.0. The van der Waals surface area contributed by atoms with Crippen LogP contribution in [0.1, 0.15) is 25.1 Å². The zero-order valence-corrected chi connectivity index (χ0v) is 17.1. The molecule has 29 heavy (non-hydrogen) atoms. The van der Waals surface area contributed by atoms with Crippen molar-refractivity contribution in [1.29, 1.82) is 5.41 Å². The van der Waals surface area contributed by atoms with Gasteiger partial charge in [0.05, 0.1) is 18.3 Å². The molecule has 2 aromatic heterocycles. The van der Waals surface area contributed by atoms with Crippen molar-refractivity contribution in [2.24, 2.45) is 10.8 Å². The highest BCUT2D eigenvalue weighted by molar-refractivity contribution is 5.93. The number of hydrazine groups is 1. The number of ether oxygens (including phenoxy) is 1. The number of methoxy groups -OCH3 is 1. The van der Waals surface area contributed by atoms with E-state index in [1.165, 1.54) is 6.21 Å². The van der Waals surface area contributed by atoms with Gasteiger partial charge in [0.25, 0.3) is 0 Å². The monoisotopic (exact) mass is 394 g/mol. The Balaban J connectivity index is 2.12. The molecule has 0 fully saturated rings. The maximum absolute atomic E-state index is 7.62. The van der Waals surface area contributed by atoms with Crippen LogP contribution in [0.25, 0.3) is 22.8 Å². The summed E-state index contributed by atoms with van der Waals surface area (Å²) in [7, 11) is 1.63. The predicted octanol–water partition coefficient (Wildman–Crippen LogP) is 3.52. The number of oxazole rings is 1. The lowest BCUT2D eigenvalue weighted by molar-refractivity contribution is 0.136. The van der Waals surface area contributed by atoms with Crippen molar-refractivity contribution in [3.05, 3.63) is 54.1 Å². The second-order valence-electron chi connectivity index (χ2n) is 6.82. The maximum Gasteiger partial charge on any atom is 0.306 e. The van der Waals surface area contributed by atoms with Crippen LogP contribution in [0.15, 0.2) is 52.2 Å². The van der Waals surface area contributed by atoms with E-state index in [0.29, 0.717) is 24.0 Å². The van der Waals surface area contributed by atoms with Gasteiger partial charge >= 0.3 is 5.84 Å². The molecule has 3 aromatic rings. The fraction of sp³-hybridized carbons (Fsp3) is 0.286. The largest absolute Gasteiger partial charge is 0.432 e. The first-order valence-corrected chi connectivity index (χ1v) is 9.28. The summed E-state index contributed by atoms with van der Waals surface area (Å²) in [5.41, 5.74) is 4.11. The molecular formula is C21H26N6O2. The third-order valence-corrected chi connectivity index (χ3v) is 4.61. The number of fused-ring (bicyclic) bond motifs is 1. The van der Waals surface area contributed by atoms with Crippen molar-refractivity contribution >= 4 is 23.6 Å². The van der Waals surface area contributed by atoms with E-state index in [-0.39, 0.29) is 6.04 Å². The maximum atomic E-state index is 7.62. The Morgan fingerprint density at radius 1 is 1.41 bits per heavy atom. The highest BCUT2D eigenvalue weighted by Gasteiger charge is 2.20. The van der Waals surface area contributed by atoms with Crippen molar-refractivity contribution in [1.82, 2.24) is 14.4 Å². The summed E-state index contributed by atoms with van der Waals surface area (Å²) in [6, 6.07) is 8.02. The molecule has 0 aliphatic carbocycles. The Morgan fingerprint density at radius 3 is 2.79 bits per heavy atom. The van der Waals surface area contributed by atoms with Gasteiger partial charge in [0, 0.05) is 25.1 Å². The number of nitrogens with zero attached hydrogens (tertiary/aromatic N) is 4. The summed E-state index contributed by atoms with van der Waals surface area (Å²) in [5.74, 6) is 7.25. The van der Waals surface area contributed by atoms with Crippen LogP contribution in [0.2, 0.25) is 0 Å². The van der Waals surface area contributed by atoms with Crippen molar-refractivity contribution in [2.75, 3.05) is 13.7 Å². The zero-order chi connectivity index (χ0) is 21.0. The van der Waals surface area contributed by atoms with Crippen molar-refractivity contribution < 1.29 is 9.15 Å². The quantitative estimate of drug-likeness (QED) is 0.276. The molecule has 0 radical (unpaired) electrons.